The third kappa shape index (κ3) is 2.40. The summed E-state index contributed by atoms with van der Waals surface area (Å²) in [5.41, 5.74) is 2.60. The monoisotopic (exact) mass is 345 g/mol. The van der Waals surface area contributed by atoms with Crippen LogP contribution < -0.4 is 0 Å². The summed E-state index contributed by atoms with van der Waals surface area (Å²) in [6.07, 6.45) is 7.71. The van der Waals surface area contributed by atoms with Crippen molar-refractivity contribution in [3.05, 3.63) is 60.5 Å². The molecule has 0 bridgehead atoms. The lowest BCUT2D eigenvalue weighted by molar-refractivity contribution is 0.362. The van der Waals surface area contributed by atoms with E-state index in [0.29, 0.717) is 11.4 Å². The van der Waals surface area contributed by atoms with Crippen molar-refractivity contribution in [2.75, 3.05) is 0 Å². The molecule has 0 N–H and O–H groups in total. The second kappa shape index (κ2) is 6.20. The average Bonchev–Trinajstić information content (AvgIpc) is 3.09. The summed E-state index contributed by atoms with van der Waals surface area (Å²) in [5.74, 6) is 0.667. The van der Waals surface area contributed by atoms with Gasteiger partial charge in [0.05, 0.1) is 11.0 Å². The molecule has 0 radical (unpaired) electrons. The number of pyridine rings is 1. The van der Waals surface area contributed by atoms with Gasteiger partial charge in [-0.25, -0.2) is 9.37 Å². The maximum Gasteiger partial charge on any atom is 0.160 e. The van der Waals surface area contributed by atoms with Crippen LogP contribution in [-0.4, -0.2) is 14.5 Å². The van der Waals surface area contributed by atoms with Gasteiger partial charge >= 0.3 is 0 Å². The molecule has 0 saturated heterocycles. The number of nitrogens with zero attached hydrogens (tertiary/aromatic N) is 3. The van der Waals surface area contributed by atoms with Crippen molar-refractivity contribution in [1.29, 1.82) is 0 Å². The SMILES string of the molecule is Fc1cc2c(nc(-c3ccccn3)n2C2CCCCC2)c2ccccc12. The maximum atomic E-state index is 14.8. The maximum absolute atomic E-state index is 14.8. The van der Waals surface area contributed by atoms with E-state index in [2.05, 4.69) is 9.55 Å². The van der Waals surface area contributed by atoms with Crippen LogP contribution in [0, 0.1) is 5.82 Å². The molecule has 5 rings (SSSR count). The molecule has 4 aromatic rings. The fraction of sp³-hybridized carbons (Fsp3) is 0.273. The van der Waals surface area contributed by atoms with Crippen molar-refractivity contribution in [1.82, 2.24) is 14.5 Å². The van der Waals surface area contributed by atoms with Crippen LogP contribution >= 0.6 is 0 Å². The number of aromatic nitrogens is 3. The van der Waals surface area contributed by atoms with Gasteiger partial charge in [-0.3, -0.25) is 4.98 Å². The van der Waals surface area contributed by atoms with Crippen LogP contribution in [0.4, 0.5) is 4.39 Å². The first-order valence-electron chi connectivity index (χ1n) is 9.33. The fourth-order valence-corrected chi connectivity index (χ4v) is 4.26. The van der Waals surface area contributed by atoms with E-state index in [1.54, 1.807) is 12.3 Å². The van der Waals surface area contributed by atoms with Crippen molar-refractivity contribution >= 4 is 21.8 Å². The predicted molar refractivity (Wildman–Crippen MR) is 103 cm³/mol. The van der Waals surface area contributed by atoms with E-state index in [-0.39, 0.29) is 5.82 Å². The molecule has 3 nitrogen and oxygen atoms in total. The Balaban J connectivity index is 1.86. The fourth-order valence-electron chi connectivity index (χ4n) is 4.26. The van der Waals surface area contributed by atoms with Crippen LogP contribution in [0.2, 0.25) is 0 Å². The molecule has 2 aromatic heterocycles. The van der Waals surface area contributed by atoms with Crippen LogP contribution in [0.25, 0.3) is 33.3 Å². The molecule has 2 aromatic carbocycles. The lowest BCUT2D eigenvalue weighted by atomic mass is 9.95. The summed E-state index contributed by atoms with van der Waals surface area (Å²) in [7, 11) is 0. The molecule has 1 aliphatic rings. The normalized spacial score (nSPS) is 15.7. The van der Waals surface area contributed by atoms with Gasteiger partial charge in [0, 0.05) is 29.1 Å². The van der Waals surface area contributed by atoms with Crippen molar-refractivity contribution in [2.45, 2.75) is 38.1 Å². The standard InChI is InChI=1S/C22H20FN3/c23-18-14-20-21(17-11-5-4-10-16(17)18)25-22(19-12-6-7-13-24-19)26(20)15-8-2-1-3-9-15/h4-7,10-15H,1-3,8-9H2. The summed E-state index contributed by atoms with van der Waals surface area (Å²) in [4.78, 5) is 9.49. The van der Waals surface area contributed by atoms with E-state index in [9.17, 15) is 4.39 Å². The van der Waals surface area contributed by atoms with E-state index in [4.69, 9.17) is 4.98 Å². The van der Waals surface area contributed by atoms with Crippen molar-refractivity contribution in [2.24, 2.45) is 0 Å². The molecule has 0 atom stereocenters. The van der Waals surface area contributed by atoms with E-state index in [1.807, 2.05) is 42.5 Å². The lowest BCUT2D eigenvalue weighted by Gasteiger charge is -2.25. The summed E-state index contributed by atoms with van der Waals surface area (Å²) < 4.78 is 17.1. The molecular formula is C22H20FN3. The third-order valence-corrected chi connectivity index (χ3v) is 5.48. The second-order valence-electron chi connectivity index (χ2n) is 7.08. The number of fused-ring (bicyclic) bond motifs is 3. The highest BCUT2D eigenvalue weighted by molar-refractivity contribution is 6.05. The van der Waals surface area contributed by atoms with Crippen LogP contribution in [0.3, 0.4) is 0 Å². The highest BCUT2D eigenvalue weighted by atomic mass is 19.1. The molecule has 1 saturated carbocycles. The summed E-state index contributed by atoms with van der Waals surface area (Å²) in [6.45, 7) is 0. The van der Waals surface area contributed by atoms with Crippen molar-refractivity contribution in [3.8, 4) is 11.5 Å². The minimum Gasteiger partial charge on any atom is -0.319 e. The van der Waals surface area contributed by atoms with Gasteiger partial charge < -0.3 is 4.57 Å². The molecule has 0 unspecified atom stereocenters. The Morgan fingerprint density at radius 3 is 2.46 bits per heavy atom. The molecule has 0 spiro atoms. The Bertz CT molecular complexity index is 1080. The molecule has 0 aliphatic heterocycles. The van der Waals surface area contributed by atoms with Crippen LogP contribution in [0.15, 0.2) is 54.7 Å². The zero-order valence-corrected chi connectivity index (χ0v) is 14.5. The van der Waals surface area contributed by atoms with Gasteiger partial charge in [-0.2, -0.15) is 0 Å². The van der Waals surface area contributed by atoms with Gasteiger partial charge in [0.1, 0.15) is 11.5 Å². The number of hydrogen-bond donors (Lipinski definition) is 0. The van der Waals surface area contributed by atoms with Gasteiger partial charge in [0.15, 0.2) is 5.82 Å². The second-order valence-corrected chi connectivity index (χ2v) is 7.08. The highest BCUT2D eigenvalue weighted by Gasteiger charge is 2.24. The quantitative estimate of drug-likeness (QED) is 0.453. The first kappa shape index (κ1) is 15.5. The molecule has 26 heavy (non-hydrogen) atoms. The minimum atomic E-state index is -0.183. The number of hydrogen-bond acceptors (Lipinski definition) is 2. The van der Waals surface area contributed by atoms with Gasteiger partial charge in [-0.05, 0) is 25.0 Å². The number of halogens is 1. The van der Waals surface area contributed by atoms with Gasteiger partial charge in [-0.1, -0.05) is 49.6 Å². The summed E-state index contributed by atoms with van der Waals surface area (Å²) >= 11 is 0. The average molecular weight is 345 g/mol. The van der Waals surface area contributed by atoms with E-state index >= 15 is 0 Å². The van der Waals surface area contributed by atoms with E-state index in [1.165, 1.54) is 19.3 Å². The first-order valence-corrected chi connectivity index (χ1v) is 9.33. The molecule has 2 heterocycles. The Morgan fingerprint density at radius 2 is 1.69 bits per heavy atom. The lowest BCUT2D eigenvalue weighted by Crippen LogP contribution is -2.14. The number of rotatable bonds is 2. The molecule has 0 amide bonds. The predicted octanol–water partition coefficient (Wildman–Crippen LogP) is 5.90. The topological polar surface area (TPSA) is 30.7 Å². The Kier molecular flexibility index (Phi) is 3.70. The third-order valence-electron chi connectivity index (χ3n) is 5.48. The molecule has 1 fully saturated rings. The largest absolute Gasteiger partial charge is 0.319 e. The summed E-state index contributed by atoms with van der Waals surface area (Å²) in [6, 6.07) is 15.5. The zero-order valence-electron chi connectivity index (χ0n) is 14.5. The Morgan fingerprint density at radius 1 is 0.923 bits per heavy atom. The minimum absolute atomic E-state index is 0.183. The first-order chi connectivity index (χ1) is 12.8. The summed E-state index contributed by atoms with van der Waals surface area (Å²) in [5, 5.41) is 1.50. The van der Waals surface area contributed by atoms with Gasteiger partial charge in [-0.15, -0.1) is 0 Å². The molecular weight excluding hydrogens is 325 g/mol. The van der Waals surface area contributed by atoms with Crippen LogP contribution in [0.1, 0.15) is 38.1 Å². The van der Waals surface area contributed by atoms with Gasteiger partial charge in [0.2, 0.25) is 0 Å². The van der Waals surface area contributed by atoms with E-state index in [0.717, 1.165) is 40.8 Å². The molecule has 1 aliphatic carbocycles. The number of imidazole rings is 1. The van der Waals surface area contributed by atoms with E-state index < -0.39 is 0 Å². The smallest absolute Gasteiger partial charge is 0.160 e. The van der Waals surface area contributed by atoms with Crippen LogP contribution in [0.5, 0.6) is 0 Å². The molecule has 4 heteroatoms. The Labute approximate surface area is 151 Å². The van der Waals surface area contributed by atoms with Gasteiger partial charge in [0.25, 0.3) is 0 Å². The highest BCUT2D eigenvalue weighted by Crippen LogP contribution is 2.38. The molecule has 130 valence electrons. The zero-order chi connectivity index (χ0) is 17.5. The number of benzene rings is 2. The van der Waals surface area contributed by atoms with Crippen LogP contribution in [-0.2, 0) is 0 Å². The van der Waals surface area contributed by atoms with Crippen molar-refractivity contribution < 1.29 is 4.39 Å². The Hall–Kier alpha value is -2.75. The van der Waals surface area contributed by atoms with Crippen molar-refractivity contribution in [3.63, 3.8) is 0 Å².